The molecule has 1 unspecified atom stereocenters. The van der Waals surface area contributed by atoms with Crippen molar-refractivity contribution < 1.29 is 0 Å². The van der Waals surface area contributed by atoms with E-state index in [2.05, 4.69) is 32.4 Å². The van der Waals surface area contributed by atoms with Crippen LogP contribution in [0.15, 0.2) is 55.1 Å². The number of rotatable bonds is 3. The smallest absolute Gasteiger partial charge is 0.0944 e. The molecule has 2 aromatic heterocycles. The van der Waals surface area contributed by atoms with E-state index in [1.807, 2.05) is 31.4 Å². The lowest BCUT2D eigenvalue weighted by atomic mass is 10.0. The van der Waals surface area contributed by atoms with Crippen LogP contribution in [0.5, 0.6) is 0 Å². The van der Waals surface area contributed by atoms with Crippen LogP contribution >= 0.6 is 0 Å². The van der Waals surface area contributed by atoms with Crippen molar-refractivity contribution >= 4 is 10.8 Å². The zero-order chi connectivity index (χ0) is 13.1. The molecule has 19 heavy (non-hydrogen) atoms. The maximum absolute atomic E-state index is 4.52. The van der Waals surface area contributed by atoms with E-state index in [9.17, 15) is 0 Å². The van der Waals surface area contributed by atoms with Gasteiger partial charge in [-0.1, -0.05) is 24.3 Å². The van der Waals surface area contributed by atoms with Crippen molar-refractivity contribution in [3.8, 4) is 0 Å². The third-order valence-corrected chi connectivity index (χ3v) is 3.15. The highest BCUT2D eigenvalue weighted by Gasteiger charge is 2.17. The summed E-state index contributed by atoms with van der Waals surface area (Å²) in [4.78, 5) is 13.0. The van der Waals surface area contributed by atoms with Gasteiger partial charge in [-0.15, -0.1) is 0 Å². The van der Waals surface area contributed by atoms with Crippen LogP contribution in [0.2, 0.25) is 0 Å². The maximum Gasteiger partial charge on any atom is 0.0944 e. The average Bonchev–Trinajstić information content (AvgIpc) is 2.49. The summed E-state index contributed by atoms with van der Waals surface area (Å²) in [6, 6.07) is 10.2. The van der Waals surface area contributed by atoms with Crippen molar-refractivity contribution in [3.05, 3.63) is 66.5 Å². The van der Waals surface area contributed by atoms with Crippen LogP contribution in [0.4, 0.5) is 0 Å². The van der Waals surface area contributed by atoms with Gasteiger partial charge in [0.1, 0.15) is 0 Å². The second kappa shape index (κ2) is 5.12. The van der Waals surface area contributed by atoms with Gasteiger partial charge in [-0.25, -0.2) is 0 Å². The average molecular weight is 250 g/mol. The minimum atomic E-state index is -0.0557. The fourth-order valence-electron chi connectivity index (χ4n) is 2.26. The lowest BCUT2D eigenvalue weighted by Gasteiger charge is -2.16. The summed E-state index contributed by atoms with van der Waals surface area (Å²) in [5.74, 6) is 0. The molecular weight excluding hydrogens is 236 g/mol. The quantitative estimate of drug-likeness (QED) is 0.775. The summed E-state index contributed by atoms with van der Waals surface area (Å²) in [5, 5.41) is 5.57. The first kappa shape index (κ1) is 11.7. The second-order valence-corrected chi connectivity index (χ2v) is 4.27. The number of hydrogen-bond acceptors (Lipinski definition) is 4. The zero-order valence-corrected chi connectivity index (χ0v) is 10.6. The van der Waals surface area contributed by atoms with Crippen molar-refractivity contribution in [2.75, 3.05) is 7.05 Å². The van der Waals surface area contributed by atoms with Crippen LogP contribution in [0.25, 0.3) is 10.8 Å². The van der Waals surface area contributed by atoms with Gasteiger partial charge in [0.25, 0.3) is 0 Å². The van der Waals surface area contributed by atoms with Crippen LogP contribution in [0.1, 0.15) is 17.4 Å². The van der Waals surface area contributed by atoms with Gasteiger partial charge in [-0.3, -0.25) is 15.0 Å². The Hall–Kier alpha value is -2.33. The highest BCUT2D eigenvalue weighted by molar-refractivity contribution is 5.84. The van der Waals surface area contributed by atoms with Crippen LogP contribution in [0, 0.1) is 0 Å². The molecule has 0 radical (unpaired) electrons. The van der Waals surface area contributed by atoms with Crippen LogP contribution in [-0.4, -0.2) is 22.0 Å². The predicted molar refractivity (Wildman–Crippen MR) is 74.7 cm³/mol. The van der Waals surface area contributed by atoms with Gasteiger partial charge < -0.3 is 5.32 Å². The Bertz CT molecular complexity index is 677. The molecule has 3 aromatic rings. The Balaban J connectivity index is 2.17. The van der Waals surface area contributed by atoms with Gasteiger partial charge in [0.05, 0.1) is 23.6 Å². The van der Waals surface area contributed by atoms with Crippen molar-refractivity contribution in [3.63, 3.8) is 0 Å². The van der Waals surface area contributed by atoms with Crippen LogP contribution in [0.3, 0.4) is 0 Å². The van der Waals surface area contributed by atoms with E-state index in [-0.39, 0.29) is 6.04 Å². The number of hydrogen-bond donors (Lipinski definition) is 1. The maximum atomic E-state index is 4.52. The SMILES string of the molecule is CNC(c1cnccn1)c1nccc2ccccc12. The summed E-state index contributed by atoms with van der Waals surface area (Å²) in [6.45, 7) is 0. The summed E-state index contributed by atoms with van der Waals surface area (Å²) >= 11 is 0. The highest BCUT2D eigenvalue weighted by atomic mass is 15.0. The Morgan fingerprint density at radius 3 is 2.68 bits per heavy atom. The van der Waals surface area contributed by atoms with Gasteiger partial charge in [0.2, 0.25) is 0 Å². The predicted octanol–water partition coefficient (Wildman–Crippen LogP) is 2.33. The molecule has 94 valence electrons. The molecule has 0 bridgehead atoms. The summed E-state index contributed by atoms with van der Waals surface area (Å²) in [6.07, 6.45) is 6.97. The Morgan fingerprint density at radius 2 is 1.89 bits per heavy atom. The van der Waals surface area contributed by atoms with Crippen molar-refractivity contribution in [1.29, 1.82) is 0 Å². The van der Waals surface area contributed by atoms with E-state index in [0.717, 1.165) is 16.8 Å². The number of nitrogens with zero attached hydrogens (tertiary/aromatic N) is 3. The van der Waals surface area contributed by atoms with E-state index in [4.69, 9.17) is 0 Å². The van der Waals surface area contributed by atoms with Crippen LogP contribution < -0.4 is 5.32 Å². The summed E-state index contributed by atoms with van der Waals surface area (Å²) in [7, 11) is 1.91. The molecule has 1 N–H and O–H groups in total. The fourth-order valence-corrected chi connectivity index (χ4v) is 2.26. The lowest BCUT2D eigenvalue weighted by Crippen LogP contribution is -2.20. The molecule has 1 atom stereocenters. The molecule has 0 fully saturated rings. The number of nitrogens with one attached hydrogen (secondary N) is 1. The minimum absolute atomic E-state index is 0.0557. The van der Waals surface area contributed by atoms with E-state index in [0.29, 0.717) is 0 Å². The van der Waals surface area contributed by atoms with Gasteiger partial charge in [0, 0.05) is 24.0 Å². The number of aromatic nitrogens is 3. The third-order valence-electron chi connectivity index (χ3n) is 3.15. The molecule has 0 aliphatic carbocycles. The highest BCUT2D eigenvalue weighted by Crippen LogP contribution is 2.25. The molecule has 4 heteroatoms. The normalized spacial score (nSPS) is 12.5. The van der Waals surface area contributed by atoms with E-state index in [1.165, 1.54) is 5.39 Å². The van der Waals surface area contributed by atoms with Gasteiger partial charge >= 0.3 is 0 Å². The van der Waals surface area contributed by atoms with Crippen molar-refractivity contribution in [2.45, 2.75) is 6.04 Å². The molecule has 4 nitrogen and oxygen atoms in total. The first-order chi connectivity index (χ1) is 9.40. The molecule has 1 aromatic carbocycles. The van der Waals surface area contributed by atoms with Crippen molar-refractivity contribution in [1.82, 2.24) is 20.3 Å². The van der Waals surface area contributed by atoms with Gasteiger partial charge in [-0.05, 0) is 18.5 Å². The Morgan fingerprint density at radius 1 is 1.00 bits per heavy atom. The van der Waals surface area contributed by atoms with Gasteiger partial charge in [0.15, 0.2) is 0 Å². The van der Waals surface area contributed by atoms with E-state index >= 15 is 0 Å². The first-order valence-corrected chi connectivity index (χ1v) is 6.17. The Labute approximate surface area is 111 Å². The summed E-state index contributed by atoms with van der Waals surface area (Å²) in [5.41, 5.74) is 1.84. The minimum Gasteiger partial charge on any atom is -0.307 e. The number of pyridine rings is 1. The monoisotopic (exact) mass is 250 g/mol. The third kappa shape index (κ3) is 2.18. The molecule has 0 spiro atoms. The standard InChI is InChI=1S/C15H14N4/c1-16-15(13-10-17-8-9-18-13)14-12-5-3-2-4-11(12)6-7-19-14/h2-10,15-16H,1H3. The molecule has 0 saturated heterocycles. The van der Waals surface area contributed by atoms with Crippen molar-refractivity contribution in [2.24, 2.45) is 0 Å². The number of fused-ring (bicyclic) bond motifs is 1. The van der Waals surface area contributed by atoms with E-state index in [1.54, 1.807) is 18.6 Å². The molecule has 3 rings (SSSR count). The lowest BCUT2D eigenvalue weighted by molar-refractivity contribution is 0.654. The molecule has 2 heterocycles. The van der Waals surface area contributed by atoms with Crippen LogP contribution in [-0.2, 0) is 0 Å². The molecule has 0 amide bonds. The van der Waals surface area contributed by atoms with Gasteiger partial charge in [-0.2, -0.15) is 0 Å². The molecule has 0 saturated carbocycles. The summed E-state index contributed by atoms with van der Waals surface area (Å²) < 4.78 is 0. The largest absolute Gasteiger partial charge is 0.307 e. The molecular formula is C15H14N4. The fraction of sp³-hybridized carbons (Fsp3) is 0.133. The first-order valence-electron chi connectivity index (χ1n) is 6.17. The Kier molecular flexibility index (Phi) is 3.16. The zero-order valence-electron chi connectivity index (χ0n) is 10.6. The second-order valence-electron chi connectivity index (χ2n) is 4.27. The topological polar surface area (TPSA) is 50.7 Å². The molecule has 0 aliphatic heterocycles. The molecule has 0 aliphatic rings. The van der Waals surface area contributed by atoms with E-state index < -0.39 is 0 Å². The number of benzene rings is 1.